The number of fused-ring (bicyclic) bond motifs is 2. The molecule has 0 aliphatic heterocycles. The number of carbonyl (C=O) groups is 1. The van der Waals surface area contributed by atoms with E-state index in [4.69, 9.17) is 9.15 Å². The molecule has 0 N–H and O–H groups in total. The molecule has 2 heterocycles. The van der Waals surface area contributed by atoms with Gasteiger partial charge < -0.3 is 9.15 Å². The molecule has 1 amide bonds. The summed E-state index contributed by atoms with van der Waals surface area (Å²) in [5.41, 5.74) is 1.04. The Morgan fingerprint density at radius 3 is 2.65 bits per heavy atom. The van der Waals surface area contributed by atoms with Crippen molar-refractivity contribution < 1.29 is 18.3 Å². The van der Waals surface area contributed by atoms with Crippen molar-refractivity contribution in [2.75, 3.05) is 12.0 Å². The second-order valence-corrected chi connectivity index (χ2v) is 7.99. The minimum absolute atomic E-state index is 0.185. The lowest BCUT2D eigenvalue weighted by molar-refractivity contribution is 0.0980. The van der Waals surface area contributed by atoms with E-state index in [0.717, 1.165) is 10.8 Å². The number of benzene rings is 3. The van der Waals surface area contributed by atoms with E-state index in [-0.39, 0.29) is 18.3 Å². The Kier molecular flexibility index (Phi) is 4.88. The molecule has 5 aromatic rings. The van der Waals surface area contributed by atoms with Gasteiger partial charge in [-0.1, -0.05) is 35.6 Å². The van der Waals surface area contributed by atoms with E-state index < -0.39 is 0 Å². The van der Waals surface area contributed by atoms with Crippen LogP contribution in [-0.2, 0) is 6.54 Å². The molecule has 154 valence electrons. The summed E-state index contributed by atoms with van der Waals surface area (Å²) in [5, 5.41) is 2.36. The van der Waals surface area contributed by atoms with Gasteiger partial charge in [0.15, 0.2) is 5.13 Å². The highest BCUT2D eigenvalue weighted by Crippen LogP contribution is 2.34. The molecule has 3 aromatic carbocycles. The molecule has 5 rings (SSSR count). The maximum atomic E-state index is 13.7. The summed E-state index contributed by atoms with van der Waals surface area (Å²) in [5.74, 6) is 0.459. The molecule has 0 saturated heterocycles. The third-order valence-corrected chi connectivity index (χ3v) is 6.05. The second-order valence-electron chi connectivity index (χ2n) is 6.98. The zero-order chi connectivity index (χ0) is 21.4. The number of anilines is 1. The molecule has 5 nitrogen and oxygen atoms in total. The molecule has 0 unspecified atom stereocenters. The van der Waals surface area contributed by atoms with Crippen LogP contribution in [0.25, 0.3) is 21.0 Å². The van der Waals surface area contributed by atoms with E-state index in [9.17, 15) is 9.18 Å². The summed E-state index contributed by atoms with van der Waals surface area (Å²) in [4.78, 5) is 19.8. The highest BCUT2D eigenvalue weighted by Gasteiger charge is 2.26. The largest absolute Gasteiger partial charge is 0.496 e. The fourth-order valence-electron chi connectivity index (χ4n) is 3.49. The third kappa shape index (κ3) is 3.64. The first-order valence-corrected chi connectivity index (χ1v) is 10.4. The molecule has 0 saturated carbocycles. The SMILES string of the molecule is COc1cc2ccccc2cc1C(=O)N(Cc1ccco1)c1nc2ccc(F)cc2s1. The summed E-state index contributed by atoms with van der Waals surface area (Å²) in [6, 6.07) is 19.4. The highest BCUT2D eigenvalue weighted by atomic mass is 32.1. The van der Waals surface area contributed by atoms with Gasteiger partial charge in [-0.05, 0) is 53.2 Å². The average Bonchev–Trinajstić information content (AvgIpc) is 3.45. The number of amides is 1. The molecular weight excluding hydrogens is 415 g/mol. The van der Waals surface area contributed by atoms with Crippen molar-refractivity contribution >= 4 is 43.4 Å². The first-order chi connectivity index (χ1) is 15.1. The predicted octanol–water partition coefficient (Wildman–Crippen LogP) is 6.04. The Bertz CT molecular complexity index is 1400. The predicted molar refractivity (Wildman–Crippen MR) is 119 cm³/mol. The van der Waals surface area contributed by atoms with E-state index in [0.29, 0.717) is 32.4 Å². The fourth-order valence-corrected chi connectivity index (χ4v) is 4.48. The molecule has 0 atom stereocenters. The molecule has 0 aliphatic rings. The molecular formula is C24H17FN2O3S. The molecule has 0 fully saturated rings. The van der Waals surface area contributed by atoms with Crippen molar-refractivity contribution in [1.29, 1.82) is 0 Å². The van der Waals surface area contributed by atoms with Gasteiger partial charge in [0.1, 0.15) is 17.3 Å². The van der Waals surface area contributed by atoms with Gasteiger partial charge in [-0.3, -0.25) is 9.69 Å². The topological polar surface area (TPSA) is 55.6 Å². The number of nitrogens with zero attached hydrogens (tertiary/aromatic N) is 2. The Labute approximate surface area is 181 Å². The number of carbonyl (C=O) groups excluding carboxylic acids is 1. The maximum absolute atomic E-state index is 13.7. The number of thiazole rings is 1. The van der Waals surface area contributed by atoms with E-state index in [1.54, 1.807) is 24.5 Å². The fraction of sp³-hybridized carbons (Fsp3) is 0.0833. The minimum atomic E-state index is -0.345. The molecule has 0 radical (unpaired) electrons. The quantitative estimate of drug-likeness (QED) is 0.340. The van der Waals surface area contributed by atoms with E-state index >= 15 is 0 Å². The normalized spacial score (nSPS) is 11.2. The van der Waals surface area contributed by atoms with Gasteiger partial charge in [0, 0.05) is 0 Å². The Morgan fingerprint density at radius 1 is 1.10 bits per heavy atom. The van der Waals surface area contributed by atoms with Crippen molar-refractivity contribution in [2.45, 2.75) is 6.54 Å². The Hall–Kier alpha value is -3.71. The van der Waals surface area contributed by atoms with Crippen LogP contribution in [0.1, 0.15) is 16.1 Å². The number of rotatable bonds is 5. The van der Waals surface area contributed by atoms with Gasteiger partial charge in [-0.25, -0.2) is 9.37 Å². The average molecular weight is 432 g/mol. The molecule has 0 bridgehead atoms. The third-order valence-electron chi connectivity index (χ3n) is 5.01. The highest BCUT2D eigenvalue weighted by molar-refractivity contribution is 7.22. The lowest BCUT2D eigenvalue weighted by Gasteiger charge is -2.20. The Morgan fingerprint density at radius 2 is 1.90 bits per heavy atom. The zero-order valence-electron chi connectivity index (χ0n) is 16.5. The summed E-state index contributed by atoms with van der Waals surface area (Å²) in [7, 11) is 1.54. The zero-order valence-corrected chi connectivity index (χ0v) is 17.4. The second kappa shape index (κ2) is 7.85. The standard InChI is InChI=1S/C24H17FN2O3S/c1-29-21-12-16-6-3-2-5-15(16)11-19(21)23(28)27(14-18-7-4-10-30-18)24-26-20-9-8-17(25)13-22(20)31-24/h2-13H,14H2,1H3. The van der Waals surface area contributed by atoms with Gasteiger partial charge in [-0.15, -0.1) is 0 Å². The van der Waals surface area contributed by atoms with E-state index in [1.165, 1.54) is 35.5 Å². The van der Waals surface area contributed by atoms with Crippen LogP contribution in [0.2, 0.25) is 0 Å². The van der Waals surface area contributed by atoms with Gasteiger partial charge in [-0.2, -0.15) is 0 Å². The molecule has 7 heteroatoms. The lowest BCUT2D eigenvalue weighted by Crippen LogP contribution is -2.30. The molecule has 0 spiro atoms. The number of furan rings is 1. The van der Waals surface area contributed by atoms with Crippen molar-refractivity contribution in [3.63, 3.8) is 0 Å². The minimum Gasteiger partial charge on any atom is -0.496 e. The van der Waals surface area contributed by atoms with Crippen molar-refractivity contribution in [1.82, 2.24) is 4.98 Å². The Balaban J connectivity index is 1.63. The molecule has 31 heavy (non-hydrogen) atoms. The summed E-state index contributed by atoms with van der Waals surface area (Å²) in [6.07, 6.45) is 1.56. The van der Waals surface area contributed by atoms with Gasteiger partial charge >= 0.3 is 0 Å². The first kappa shape index (κ1) is 19.3. The first-order valence-electron chi connectivity index (χ1n) is 9.59. The number of aromatic nitrogens is 1. The van der Waals surface area contributed by atoms with Crippen molar-refractivity contribution in [2.24, 2.45) is 0 Å². The maximum Gasteiger partial charge on any atom is 0.264 e. The van der Waals surface area contributed by atoms with Crippen molar-refractivity contribution in [3.05, 3.63) is 90.1 Å². The molecule has 0 aliphatic carbocycles. The van der Waals surface area contributed by atoms with Crippen LogP contribution in [0, 0.1) is 5.82 Å². The number of hydrogen-bond acceptors (Lipinski definition) is 5. The van der Waals surface area contributed by atoms with E-state index in [2.05, 4.69) is 4.98 Å². The number of methoxy groups -OCH3 is 1. The monoisotopic (exact) mass is 432 g/mol. The van der Waals surface area contributed by atoms with Gasteiger partial charge in [0.2, 0.25) is 0 Å². The number of ether oxygens (including phenoxy) is 1. The molecule has 2 aromatic heterocycles. The summed E-state index contributed by atoms with van der Waals surface area (Å²) < 4.78 is 25.4. The van der Waals surface area contributed by atoms with Gasteiger partial charge in [0.25, 0.3) is 5.91 Å². The van der Waals surface area contributed by atoms with Crippen LogP contribution in [0.4, 0.5) is 9.52 Å². The van der Waals surface area contributed by atoms with Crippen LogP contribution in [0.3, 0.4) is 0 Å². The van der Waals surface area contributed by atoms with Crippen LogP contribution >= 0.6 is 11.3 Å². The van der Waals surface area contributed by atoms with Crippen LogP contribution in [-0.4, -0.2) is 18.0 Å². The van der Waals surface area contributed by atoms with Gasteiger partial charge in [0.05, 0.1) is 35.7 Å². The van der Waals surface area contributed by atoms with Crippen LogP contribution < -0.4 is 9.64 Å². The van der Waals surface area contributed by atoms with Crippen LogP contribution in [0.15, 0.2) is 77.4 Å². The summed E-state index contributed by atoms with van der Waals surface area (Å²) >= 11 is 1.25. The van der Waals surface area contributed by atoms with E-state index in [1.807, 2.05) is 36.4 Å². The number of hydrogen-bond donors (Lipinski definition) is 0. The smallest absolute Gasteiger partial charge is 0.264 e. The number of halogens is 1. The lowest BCUT2D eigenvalue weighted by atomic mass is 10.0. The van der Waals surface area contributed by atoms with Crippen molar-refractivity contribution in [3.8, 4) is 5.75 Å². The summed E-state index contributed by atoms with van der Waals surface area (Å²) in [6.45, 7) is 0.185. The van der Waals surface area contributed by atoms with Crippen LogP contribution in [0.5, 0.6) is 5.75 Å².